The Morgan fingerprint density at radius 3 is 2.61 bits per heavy atom. The summed E-state index contributed by atoms with van der Waals surface area (Å²) in [6.07, 6.45) is -3.68. The lowest BCUT2D eigenvalue weighted by Gasteiger charge is -2.17. The van der Waals surface area contributed by atoms with Crippen LogP contribution in [0.15, 0.2) is 6.07 Å². The van der Waals surface area contributed by atoms with E-state index in [1.54, 1.807) is 0 Å². The number of aromatic nitrogens is 2. The predicted octanol–water partition coefficient (Wildman–Crippen LogP) is 1.87. The number of aryl methyl sites for hydroxylation is 1. The van der Waals surface area contributed by atoms with Crippen molar-refractivity contribution in [1.29, 1.82) is 0 Å². The van der Waals surface area contributed by atoms with Gasteiger partial charge in [-0.15, -0.1) is 0 Å². The molecule has 128 valence electrons. The molecule has 23 heavy (non-hydrogen) atoms. The van der Waals surface area contributed by atoms with Crippen LogP contribution in [0.1, 0.15) is 25.0 Å². The molecule has 0 aromatic carbocycles. The zero-order valence-electron chi connectivity index (χ0n) is 12.9. The number of amides is 1. The summed E-state index contributed by atoms with van der Waals surface area (Å²) in [4.78, 5) is 21.9. The number of nitrogens with zero attached hydrogens (tertiary/aromatic N) is 3. The van der Waals surface area contributed by atoms with Gasteiger partial charge >= 0.3 is 6.18 Å². The minimum atomic E-state index is -4.48. The Hall–Kier alpha value is -2.06. The SMILES string of the molecule is Cc1cc(N2CCCC2)nc(NCCNC(=O)CC(F)(F)F)n1. The molecule has 0 radical (unpaired) electrons. The number of anilines is 2. The van der Waals surface area contributed by atoms with Crippen LogP contribution in [0.3, 0.4) is 0 Å². The zero-order chi connectivity index (χ0) is 16.9. The lowest BCUT2D eigenvalue weighted by atomic mass is 10.4. The van der Waals surface area contributed by atoms with Gasteiger partial charge in [-0.1, -0.05) is 0 Å². The van der Waals surface area contributed by atoms with Gasteiger partial charge in [-0.05, 0) is 19.8 Å². The molecule has 0 saturated carbocycles. The molecule has 1 fully saturated rings. The topological polar surface area (TPSA) is 70.2 Å². The van der Waals surface area contributed by atoms with Crippen molar-refractivity contribution >= 4 is 17.7 Å². The summed E-state index contributed by atoms with van der Waals surface area (Å²) in [6.45, 7) is 4.11. The molecule has 0 spiro atoms. The van der Waals surface area contributed by atoms with Gasteiger partial charge < -0.3 is 15.5 Å². The zero-order valence-corrected chi connectivity index (χ0v) is 12.9. The van der Waals surface area contributed by atoms with Gasteiger partial charge in [0.25, 0.3) is 0 Å². The smallest absolute Gasteiger partial charge is 0.356 e. The number of hydrogen-bond acceptors (Lipinski definition) is 5. The lowest BCUT2D eigenvalue weighted by Crippen LogP contribution is -2.32. The largest absolute Gasteiger partial charge is 0.397 e. The number of carbonyl (C=O) groups excluding carboxylic acids is 1. The highest BCUT2D eigenvalue weighted by molar-refractivity contribution is 5.76. The van der Waals surface area contributed by atoms with E-state index in [1.807, 2.05) is 13.0 Å². The summed E-state index contributed by atoms with van der Waals surface area (Å²) in [6, 6.07) is 1.90. The first-order valence-electron chi connectivity index (χ1n) is 7.51. The molecule has 2 rings (SSSR count). The lowest BCUT2D eigenvalue weighted by molar-refractivity contribution is -0.153. The minimum absolute atomic E-state index is 0.0747. The first-order chi connectivity index (χ1) is 10.8. The van der Waals surface area contributed by atoms with E-state index >= 15 is 0 Å². The average Bonchev–Trinajstić information content (AvgIpc) is 2.95. The summed E-state index contributed by atoms with van der Waals surface area (Å²) < 4.78 is 36.0. The second kappa shape index (κ2) is 7.47. The van der Waals surface area contributed by atoms with E-state index in [-0.39, 0.29) is 13.1 Å². The molecule has 1 aromatic rings. The molecular weight excluding hydrogens is 311 g/mol. The third-order valence-corrected chi connectivity index (χ3v) is 3.36. The van der Waals surface area contributed by atoms with Crippen LogP contribution >= 0.6 is 0 Å². The van der Waals surface area contributed by atoms with Gasteiger partial charge in [0.05, 0.1) is 0 Å². The van der Waals surface area contributed by atoms with Gasteiger partial charge in [0.15, 0.2) is 0 Å². The van der Waals surface area contributed by atoms with Gasteiger partial charge in [0.1, 0.15) is 12.2 Å². The van der Waals surface area contributed by atoms with Gasteiger partial charge in [-0.2, -0.15) is 18.2 Å². The number of carbonyl (C=O) groups is 1. The van der Waals surface area contributed by atoms with E-state index < -0.39 is 18.5 Å². The maximum absolute atomic E-state index is 12.0. The summed E-state index contributed by atoms with van der Waals surface area (Å²) in [5.41, 5.74) is 0.811. The van der Waals surface area contributed by atoms with Gasteiger partial charge in [-0.25, -0.2) is 4.98 Å². The monoisotopic (exact) mass is 331 g/mol. The van der Waals surface area contributed by atoms with Crippen LogP contribution < -0.4 is 15.5 Å². The number of hydrogen-bond donors (Lipinski definition) is 2. The van der Waals surface area contributed by atoms with Crippen molar-refractivity contribution in [3.63, 3.8) is 0 Å². The van der Waals surface area contributed by atoms with Crippen molar-refractivity contribution < 1.29 is 18.0 Å². The number of nitrogens with one attached hydrogen (secondary N) is 2. The van der Waals surface area contributed by atoms with E-state index in [1.165, 1.54) is 0 Å². The van der Waals surface area contributed by atoms with Crippen molar-refractivity contribution in [2.75, 3.05) is 36.4 Å². The molecule has 0 unspecified atom stereocenters. The molecule has 2 heterocycles. The van der Waals surface area contributed by atoms with E-state index in [0.29, 0.717) is 5.95 Å². The highest BCUT2D eigenvalue weighted by atomic mass is 19.4. The third-order valence-electron chi connectivity index (χ3n) is 3.36. The highest BCUT2D eigenvalue weighted by Gasteiger charge is 2.30. The van der Waals surface area contributed by atoms with Crippen molar-refractivity contribution in [3.8, 4) is 0 Å². The summed E-state index contributed by atoms with van der Waals surface area (Å²) in [5.74, 6) is 0.220. The average molecular weight is 331 g/mol. The van der Waals surface area contributed by atoms with Crippen LogP contribution in [0.4, 0.5) is 24.9 Å². The quantitative estimate of drug-likeness (QED) is 0.779. The maximum atomic E-state index is 12.0. The third kappa shape index (κ3) is 5.91. The summed E-state index contributed by atoms with van der Waals surface area (Å²) in [7, 11) is 0. The molecule has 6 nitrogen and oxygen atoms in total. The predicted molar refractivity (Wildman–Crippen MR) is 80.4 cm³/mol. The van der Waals surface area contributed by atoms with Gasteiger partial charge in [0.2, 0.25) is 11.9 Å². The number of halogens is 3. The fourth-order valence-corrected chi connectivity index (χ4v) is 2.36. The first kappa shape index (κ1) is 17.3. The molecule has 1 aliphatic rings. The van der Waals surface area contributed by atoms with Gasteiger partial charge in [-0.3, -0.25) is 4.79 Å². The van der Waals surface area contributed by atoms with Crippen molar-refractivity contribution in [2.24, 2.45) is 0 Å². The van der Waals surface area contributed by atoms with Crippen molar-refractivity contribution in [2.45, 2.75) is 32.4 Å². The van der Waals surface area contributed by atoms with Crippen LogP contribution in [0, 0.1) is 6.92 Å². The summed E-state index contributed by atoms with van der Waals surface area (Å²) in [5, 5.41) is 5.13. The van der Waals surface area contributed by atoms with E-state index in [2.05, 4.69) is 25.5 Å². The van der Waals surface area contributed by atoms with Crippen LogP contribution in [-0.2, 0) is 4.79 Å². The Kier molecular flexibility index (Phi) is 5.62. The fourth-order valence-electron chi connectivity index (χ4n) is 2.36. The summed E-state index contributed by atoms with van der Waals surface area (Å²) >= 11 is 0. The van der Waals surface area contributed by atoms with Crippen LogP contribution in [0.2, 0.25) is 0 Å². The van der Waals surface area contributed by atoms with Crippen LogP contribution in [0.25, 0.3) is 0 Å². The van der Waals surface area contributed by atoms with E-state index in [9.17, 15) is 18.0 Å². The van der Waals surface area contributed by atoms with E-state index in [4.69, 9.17) is 0 Å². The Morgan fingerprint density at radius 1 is 1.26 bits per heavy atom. The Balaban J connectivity index is 1.80. The molecular formula is C14H20F3N5O. The molecule has 1 aliphatic heterocycles. The number of alkyl halides is 3. The Bertz CT molecular complexity index is 544. The molecule has 9 heteroatoms. The second-order valence-electron chi connectivity index (χ2n) is 5.45. The second-order valence-corrected chi connectivity index (χ2v) is 5.45. The van der Waals surface area contributed by atoms with Crippen LogP contribution in [0.5, 0.6) is 0 Å². The van der Waals surface area contributed by atoms with Crippen molar-refractivity contribution in [1.82, 2.24) is 15.3 Å². The molecule has 2 N–H and O–H groups in total. The Labute approximate surface area is 132 Å². The highest BCUT2D eigenvalue weighted by Crippen LogP contribution is 2.20. The molecule has 1 amide bonds. The molecule has 0 aliphatic carbocycles. The molecule has 1 aromatic heterocycles. The molecule has 0 atom stereocenters. The van der Waals surface area contributed by atoms with Crippen molar-refractivity contribution in [3.05, 3.63) is 11.8 Å². The maximum Gasteiger partial charge on any atom is 0.397 e. The standard InChI is InChI=1S/C14H20F3N5O/c1-10-8-11(22-6-2-3-7-22)21-13(20-10)19-5-4-18-12(23)9-14(15,16)17/h8H,2-7,9H2,1H3,(H,18,23)(H,19,20,21). The first-order valence-corrected chi connectivity index (χ1v) is 7.51. The molecule has 1 saturated heterocycles. The number of rotatable bonds is 6. The van der Waals surface area contributed by atoms with Gasteiger partial charge in [0, 0.05) is 37.9 Å². The minimum Gasteiger partial charge on any atom is -0.356 e. The van der Waals surface area contributed by atoms with E-state index in [0.717, 1.165) is 37.4 Å². The normalized spacial score (nSPS) is 14.9. The Morgan fingerprint density at radius 2 is 1.96 bits per heavy atom. The fraction of sp³-hybridized carbons (Fsp3) is 0.643. The molecule has 0 bridgehead atoms. The van der Waals surface area contributed by atoms with Crippen LogP contribution in [-0.4, -0.2) is 48.2 Å².